The average molecular weight is 351 g/mol. The van der Waals surface area contributed by atoms with Crippen LogP contribution in [0.25, 0.3) is 11.3 Å². The summed E-state index contributed by atoms with van der Waals surface area (Å²) in [6.07, 6.45) is 3.74. The highest BCUT2D eigenvalue weighted by atomic mass is 19.1. The minimum Gasteiger partial charge on any atom is -0.460 e. The minimum absolute atomic E-state index is 0.252. The van der Waals surface area contributed by atoms with E-state index in [1.54, 1.807) is 18.3 Å². The molecule has 0 amide bonds. The van der Waals surface area contributed by atoms with Gasteiger partial charge < -0.3 is 4.42 Å². The number of nitrogens with zero attached hydrogens (tertiary/aromatic N) is 3. The lowest BCUT2D eigenvalue weighted by Crippen LogP contribution is -2.45. The van der Waals surface area contributed by atoms with Crippen molar-refractivity contribution < 1.29 is 8.81 Å². The third-order valence-electron chi connectivity index (χ3n) is 4.77. The molecule has 3 aromatic rings. The monoisotopic (exact) mass is 351 g/mol. The molecule has 0 unspecified atom stereocenters. The summed E-state index contributed by atoms with van der Waals surface area (Å²) in [5.41, 5.74) is 1.77. The maximum Gasteiger partial charge on any atom is 0.137 e. The molecule has 0 atom stereocenters. The van der Waals surface area contributed by atoms with Crippen LogP contribution in [0.3, 0.4) is 0 Å². The number of furan rings is 1. The van der Waals surface area contributed by atoms with E-state index >= 15 is 0 Å². The summed E-state index contributed by atoms with van der Waals surface area (Å²) in [6, 6.07) is 14.6. The van der Waals surface area contributed by atoms with Gasteiger partial charge in [0.2, 0.25) is 0 Å². The Kier molecular flexibility index (Phi) is 5.09. The third kappa shape index (κ3) is 4.00. The first-order valence-corrected chi connectivity index (χ1v) is 8.95. The van der Waals surface area contributed by atoms with E-state index in [4.69, 9.17) is 4.42 Å². The maximum absolute atomic E-state index is 13.9. The number of halogens is 1. The zero-order valence-corrected chi connectivity index (χ0v) is 14.6. The molecule has 1 aromatic carbocycles. The van der Waals surface area contributed by atoms with Crippen LogP contribution in [-0.4, -0.2) is 41.0 Å². The van der Waals surface area contributed by atoms with Crippen LogP contribution in [-0.2, 0) is 13.1 Å². The van der Waals surface area contributed by atoms with Gasteiger partial charge in [-0.1, -0.05) is 18.2 Å². The molecule has 4 nitrogen and oxygen atoms in total. The van der Waals surface area contributed by atoms with Crippen LogP contribution in [0, 0.1) is 5.82 Å². The Balaban J connectivity index is 1.32. The first-order valence-electron chi connectivity index (χ1n) is 8.95. The SMILES string of the molecule is Fc1ccccc1-c1ccc(CN2CCN(Cc3cccnc3)CC2)o1. The molecule has 3 heterocycles. The average Bonchev–Trinajstić information content (AvgIpc) is 3.13. The molecule has 0 spiro atoms. The number of rotatable bonds is 5. The van der Waals surface area contributed by atoms with Gasteiger partial charge in [-0.3, -0.25) is 14.8 Å². The predicted octanol–water partition coefficient (Wildman–Crippen LogP) is 3.80. The standard InChI is InChI=1S/C21H22FN3O/c22-20-6-2-1-5-19(20)21-8-7-18(26-21)16-25-12-10-24(11-13-25)15-17-4-3-9-23-14-17/h1-9,14H,10-13,15-16H2. The number of hydrogen-bond donors (Lipinski definition) is 0. The Bertz CT molecular complexity index is 841. The molecule has 0 radical (unpaired) electrons. The van der Waals surface area contributed by atoms with Gasteiger partial charge >= 0.3 is 0 Å². The van der Waals surface area contributed by atoms with E-state index in [0.717, 1.165) is 45.0 Å². The Labute approximate surface area is 152 Å². The molecule has 0 bridgehead atoms. The molecular weight excluding hydrogens is 329 g/mol. The highest BCUT2D eigenvalue weighted by Gasteiger charge is 2.18. The first-order chi connectivity index (χ1) is 12.8. The van der Waals surface area contributed by atoms with E-state index in [9.17, 15) is 4.39 Å². The van der Waals surface area contributed by atoms with Crippen molar-refractivity contribution in [3.63, 3.8) is 0 Å². The van der Waals surface area contributed by atoms with Crippen molar-refractivity contribution in [3.05, 3.63) is 78.1 Å². The van der Waals surface area contributed by atoms with Crippen LogP contribution in [0.1, 0.15) is 11.3 Å². The van der Waals surface area contributed by atoms with Gasteiger partial charge in [-0.2, -0.15) is 0 Å². The maximum atomic E-state index is 13.9. The Hall–Kier alpha value is -2.50. The topological polar surface area (TPSA) is 32.5 Å². The first kappa shape index (κ1) is 16.9. The summed E-state index contributed by atoms with van der Waals surface area (Å²) >= 11 is 0. The van der Waals surface area contributed by atoms with Crippen LogP contribution in [0.2, 0.25) is 0 Å². The van der Waals surface area contributed by atoms with Gasteiger partial charge in [0.25, 0.3) is 0 Å². The Morgan fingerprint density at radius 3 is 2.38 bits per heavy atom. The molecular formula is C21H22FN3O. The lowest BCUT2D eigenvalue weighted by Gasteiger charge is -2.34. The second-order valence-electron chi connectivity index (χ2n) is 6.66. The van der Waals surface area contributed by atoms with E-state index < -0.39 is 0 Å². The molecule has 5 heteroatoms. The number of hydrogen-bond acceptors (Lipinski definition) is 4. The highest BCUT2D eigenvalue weighted by Crippen LogP contribution is 2.25. The molecule has 1 aliphatic heterocycles. The van der Waals surface area contributed by atoms with E-state index in [2.05, 4.69) is 20.9 Å². The quantitative estimate of drug-likeness (QED) is 0.700. The van der Waals surface area contributed by atoms with Crippen LogP contribution < -0.4 is 0 Å². The molecule has 0 saturated carbocycles. The second kappa shape index (κ2) is 7.81. The van der Waals surface area contributed by atoms with Crippen molar-refractivity contribution in [1.29, 1.82) is 0 Å². The number of aromatic nitrogens is 1. The van der Waals surface area contributed by atoms with Crippen molar-refractivity contribution in [2.75, 3.05) is 26.2 Å². The summed E-state index contributed by atoms with van der Waals surface area (Å²) < 4.78 is 19.8. The lowest BCUT2D eigenvalue weighted by atomic mass is 10.1. The van der Waals surface area contributed by atoms with E-state index in [1.165, 1.54) is 11.6 Å². The molecule has 2 aromatic heterocycles. The highest BCUT2D eigenvalue weighted by molar-refractivity contribution is 5.58. The third-order valence-corrected chi connectivity index (χ3v) is 4.77. The van der Waals surface area contributed by atoms with Crippen molar-refractivity contribution in [2.24, 2.45) is 0 Å². The number of benzene rings is 1. The van der Waals surface area contributed by atoms with Crippen LogP contribution in [0.15, 0.2) is 65.3 Å². The van der Waals surface area contributed by atoms with E-state index in [-0.39, 0.29) is 5.82 Å². The van der Waals surface area contributed by atoms with Gasteiger partial charge in [0, 0.05) is 45.1 Å². The normalized spacial score (nSPS) is 16.0. The van der Waals surface area contributed by atoms with Gasteiger partial charge in [-0.25, -0.2) is 4.39 Å². The van der Waals surface area contributed by atoms with Crippen molar-refractivity contribution in [3.8, 4) is 11.3 Å². The summed E-state index contributed by atoms with van der Waals surface area (Å²) in [6.45, 7) is 5.74. The van der Waals surface area contributed by atoms with E-state index in [0.29, 0.717) is 11.3 Å². The molecule has 1 aliphatic rings. The van der Waals surface area contributed by atoms with Gasteiger partial charge in [0.15, 0.2) is 0 Å². The van der Waals surface area contributed by atoms with Crippen molar-refractivity contribution in [2.45, 2.75) is 13.1 Å². The minimum atomic E-state index is -0.252. The number of piperazine rings is 1. The molecule has 1 fully saturated rings. The van der Waals surface area contributed by atoms with Gasteiger partial charge in [-0.15, -0.1) is 0 Å². The zero-order valence-electron chi connectivity index (χ0n) is 14.6. The fourth-order valence-electron chi connectivity index (χ4n) is 3.34. The number of pyridine rings is 1. The van der Waals surface area contributed by atoms with Gasteiger partial charge in [-0.05, 0) is 35.9 Å². The van der Waals surface area contributed by atoms with Crippen molar-refractivity contribution >= 4 is 0 Å². The summed E-state index contributed by atoms with van der Waals surface area (Å²) in [7, 11) is 0. The smallest absolute Gasteiger partial charge is 0.137 e. The fraction of sp³-hybridized carbons (Fsp3) is 0.286. The van der Waals surface area contributed by atoms with Crippen LogP contribution in [0.4, 0.5) is 4.39 Å². The van der Waals surface area contributed by atoms with Gasteiger partial charge in [0.05, 0.1) is 12.1 Å². The van der Waals surface area contributed by atoms with E-state index in [1.807, 2.05) is 30.5 Å². The van der Waals surface area contributed by atoms with Crippen molar-refractivity contribution in [1.82, 2.24) is 14.8 Å². The Morgan fingerprint density at radius 1 is 0.885 bits per heavy atom. The Morgan fingerprint density at radius 2 is 1.65 bits per heavy atom. The zero-order chi connectivity index (χ0) is 17.8. The molecule has 134 valence electrons. The fourth-order valence-corrected chi connectivity index (χ4v) is 3.34. The molecule has 0 N–H and O–H groups in total. The summed E-state index contributed by atoms with van der Waals surface area (Å²) in [5.74, 6) is 1.22. The predicted molar refractivity (Wildman–Crippen MR) is 98.9 cm³/mol. The largest absolute Gasteiger partial charge is 0.460 e. The van der Waals surface area contributed by atoms with Crippen LogP contribution in [0.5, 0.6) is 0 Å². The molecule has 0 aliphatic carbocycles. The second-order valence-corrected chi connectivity index (χ2v) is 6.66. The van der Waals surface area contributed by atoms with Crippen LogP contribution >= 0.6 is 0 Å². The lowest BCUT2D eigenvalue weighted by molar-refractivity contribution is 0.116. The molecule has 4 rings (SSSR count). The summed E-state index contributed by atoms with van der Waals surface area (Å²) in [5, 5.41) is 0. The molecule has 1 saturated heterocycles. The van der Waals surface area contributed by atoms with Gasteiger partial charge in [0.1, 0.15) is 17.3 Å². The summed E-state index contributed by atoms with van der Waals surface area (Å²) in [4.78, 5) is 9.00. The molecule has 26 heavy (non-hydrogen) atoms.